The standard InChI is InChI=1S/C17H32N4O2S/c1-6-18-16(19-8-7-9-23-11-10-22-5)20-12-15-21-14(13-24-15)17(2,3)4/h13H,6-12H2,1-5H3,(H2,18,19,20). The molecule has 0 saturated heterocycles. The minimum atomic E-state index is 0.0873. The Hall–Kier alpha value is -1.18. The number of aromatic nitrogens is 1. The molecule has 1 rings (SSSR count). The molecule has 1 heterocycles. The smallest absolute Gasteiger partial charge is 0.191 e. The number of ether oxygens (including phenoxy) is 2. The van der Waals surface area contributed by atoms with E-state index in [1.807, 2.05) is 0 Å². The Labute approximate surface area is 150 Å². The number of nitrogens with zero attached hydrogens (tertiary/aromatic N) is 2. The van der Waals surface area contributed by atoms with E-state index in [0.717, 1.165) is 42.8 Å². The average Bonchev–Trinajstić information content (AvgIpc) is 3.01. The summed E-state index contributed by atoms with van der Waals surface area (Å²) in [5, 5.41) is 9.75. The minimum absolute atomic E-state index is 0.0873. The SMILES string of the molecule is CCNC(=NCc1nc(C(C)(C)C)cs1)NCCCOCCOC. The van der Waals surface area contributed by atoms with Gasteiger partial charge in [-0.15, -0.1) is 11.3 Å². The number of hydrogen-bond donors (Lipinski definition) is 2. The third kappa shape index (κ3) is 8.61. The van der Waals surface area contributed by atoms with Crippen molar-refractivity contribution in [1.29, 1.82) is 0 Å². The number of thiazole rings is 1. The molecular formula is C17H32N4O2S. The van der Waals surface area contributed by atoms with Crippen LogP contribution in [0.2, 0.25) is 0 Å². The number of hydrogen-bond acceptors (Lipinski definition) is 5. The molecule has 0 aliphatic heterocycles. The molecule has 0 atom stereocenters. The van der Waals surface area contributed by atoms with Crippen molar-refractivity contribution in [3.05, 3.63) is 16.1 Å². The lowest BCUT2D eigenvalue weighted by molar-refractivity contribution is 0.0698. The van der Waals surface area contributed by atoms with E-state index >= 15 is 0 Å². The second-order valence-corrected chi connectivity index (χ2v) is 7.40. The Morgan fingerprint density at radius 3 is 2.67 bits per heavy atom. The molecular weight excluding hydrogens is 324 g/mol. The van der Waals surface area contributed by atoms with E-state index in [9.17, 15) is 0 Å². The Morgan fingerprint density at radius 1 is 1.25 bits per heavy atom. The van der Waals surface area contributed by atoms with Gasteiger partial charge in [-0.2, -0.15) is 0 Å². The Balaban J connectivity index is 2.38. The molecule has 6 nitrogen and oxygen atoms in total. The lowest BCUT2D eigenvalue weighted by Gasteiger charge is -2.14. The van der Waals surface area contributed by atoms with Crippen LogP contribution in [-0.4, -0.2) is 51.0 Å². The lowest BCUT2D eigenvalue weighted by atomic mass is 9.93. The molecule has 0 aromatic carbocycles. The first-order valence-corrected chi connectivity index (χ1v) is 9.39. The molecule has 1 aromatic heterocycles. The molecule has 0 bridgehead atoms. The van der Waals surface area contributed by atoms with Gasteiger partial charge in [-0.3, -0.25) is 0 Å². The predicted molar refractivity (Wildman–Crippen MR) is 101 cm³/mol. The van der Waals surface area contributed by atoms with Gasteiger partial charge < -0.3 is 20.1 Å². The highest BCUT2D eigenvalue weighted by Gasteiger charge is 2.17. The Bertz CT molecular complexity index is 483. The van der Waals surface area contributed by atoms with Gasteiger partial charge in [0.25, 0.3) is 0 Å². The average molecular weight is 357 g/mol. The highest BCUT2D eigenvalue weighted by atomic mass is 32.1. The van der Waals surface area contributed by atoms with Crippen molar-refractivity contribution >= 4 is 17.3 Å². The molecule has 2 N–H and O–H groups in total. The van der Waals surface area contributed by atoms with Gasteiger partial charge in [0.15, 0.2) is 5.96 Å². The van der Waals surface area contributed by atoms with Crippen molar-refractivity contribution in [2.45, 2.75) is 46.1 Å². The number of rotatable bonds is 10. The van der Waals surface area contributed by atoms with Gasteiger partial charge in [-0.05, 0) is 13.3 Å². The summed E-state index contributed by atoms with van der Waals surface area (Å²) in [6, 6.07) is 0. The first-order chi connectivity index (χ1) is 11.5. The van der Waals surface area contributed by atoms with Crippen molar-refractivity contribution in [1.82, 2.24) is 15.6 Å². The fourth-order valence-corrected chi connectivity index (χ4v) is 2.79. The maximum Gasteiger partial charge on any atom is 0.191 e. The second kappa shape index (κ2) is 11.4. The highest BCUT2D eigenvalue weighted by molar-refractivity contribution is 7.09. The molecule has 0 radical (unpaired) electrons. The van der Waals surface area contributed by atoms with Gasteiger partial charge in [-0.25, -0.2) is 9.98 Å². The zero-order chi connectivity index (χ0) is 17.8. The van der Waals surface area contributed by atoms with Crippen LogP contribution in [0.3, 0.4) is 0 Å². The molecule has 0 spiro atoms. The zero-order valence-corrected chi connectivity index (χ0v) is 16.5. The largest absolute Gasteiger partial charge is 0.382 e. The maximum absolute atomic E-state index is 5.45. The quantitative estimate of drug-likeness (QED) is 0.383. The van der Waals surface area contributed by atoms with E-state index in [0.29, 0.717) is 19.8 Å². The van der Waals surface area contributed by atoms with Gasteiger partial charge in [0.1, 0.15) is 5.01 Å². The van der Waals surface area contributed by atoms with E-state index in [1.165, 1.54) is 0 Å². The monoisotopic (exact) mass is 356 g/mol. The first kappa shape index (κ1) is 20.9. The maximum atomic E-state index is 5.45. The molecule has 7 heteroatoms. The molecule has 0 saturated carbocycles. The van der Waals surface area contributed by atoms with Gasteiger partial charge in [0.05, 0.1) is 25.5 Å². The molecule has 0 aliphatic carbocycles. The van der Waals surface area contributed by atoms with Crippen LogP contribution in [0.5, 0.6) is 0 Å². The molecule has 1 aromatic rings. The fourth-order valence-electron chi connectivity index (χ4n) is 1.84. The molecule has 24 heavy (non-hydrogen) atoms. The lowest BCUT2D eigenvalue weighted by Crippen LogP contribution is -2.38. The van der Waals surface area contributed by atoms with E-state index in [2.05, 4.69) is 53.7 Å². The Morgan fingerprint density at radius 2 is 2.04 bits per heavy atom. The van der Waals surface area contributed by atoms with E-state index in [-0.39, 0.29) is 5.41 Å². The number of guanidine groups is 1. The summed E-state index contributed by atoms with van der Waals surface area (Å²) >= 11 is 1.67. The zero-order valence-electron chi connectivity index (χ0n) is 15.6. The topological polar surface area (TPSA) is 67.8 Å². The summed E-state index contributed by atoms with van der Waals surface area (Å²) in [6.45, 7) is 12.8. The number of nitrogens with one attached hydrogen (secondary N) is 2. The molecule has 0 aliphatic rings. The molecule has 0 unspecified atom stereocenters. The van der Waals surface area contributed by atoms with Crippen molar-refractivity contribution < 1.29 is 9.47 Å². The van der Waals surface area contributed by atoms with Crippen molar-refractivity contribution in [2.24, 2.45) is 4.99 Å². The van der Waals surface area contributed by atoms with Crippen LogP contribution in [-0.2, 0) is 21.4 Å². The minimum Gasteiger partial charge on any atom is -0.382 e. The van der Waals surface area contributed by atoms with Crippen molar-refractivity contribution in [3.63, 3.8) is 0 Å². The third-order valence-electron chi connectivity index (χ3n) is 3.23. The third-order valence-corrected chi connectivity index (χ3v) is 4.06. The Kier molecular flexibility index (Phi) is 9.90. The summed E-state index contributed by atoms with van der Waals surface area (Å²) in [5.41, 5.74) is 1.22. The van der Waals surface area contributed by atoms with Crippen LogP contribution in [0.25, 0.3) is 0 Å². The van der Waals surface area contributed by atoms with Crippen LogP contribution in [0.4, 0.5) is 0 Å². The van der Waals surface area contributed by atoms with Gasteiger partial charge in [-0.1, -0.05) is 20.8 Å². The number of aliphatic imine (C=N–C) groups is 1. The molecule has 0 amide bonds. The van der Waals surface area contributed by atoms with E-state index < -0.39 is 0 Å². The molecule has 0 fully saturated rings. The summed E-state index contributed by atoms with van der Waals surface area (Å²) in [6.07, 6.45) is 0.930. The fraction of sp³-hybridized carbons (Fsp3) is 0.765. The van der Waals surface area contributed by atoms with Crippen LogP contribution in [0.1, 0.15) is 44.8 Å². The van der Waals surface area contributed by atoms with E-state index in [1.54, 1.807) is 18.4 Å². The molecule has 138 valence electrons. The van der Waals surface area contributed by atoms with Crippen LogP contribution in [0, 0.1) is 0 Å². The van der Waals surface area contributed by atoms with Gasteiger partial charge >= 0.3 is 0 Å². The van der Waals surface area contributed by atoms with E-state index in [4.69, 9.17) is 9.47 Å². The predicted octanol–water partition coefficient (Wildman–Crippen LogP) is 2.55. The normalized spacial score (nSPS) is 12.5. The summed E-state index contributed by atoms with van der Waals surface area (Å²) in [7, 11) is 1.68. The van der Waals surface area contributed by atoms with Crippen molar-refractivity contribution in [2.75, 3.05) is 40.0 Å². The summed E-state index contributed by atoms with van der Waals surface area (Å²) in [5.74, 6) is 0.821. The van der Waals surface area contributed by atoms with Crippen LogP contribution < -0.4 is 10.6 Å². The van der Waals surface area contributed by atoms with Crippen molar-refractivity contribution in [3.8, 4) is 0 Å². The highest BCUT2D eigenvalue weighted by Crippen LogP contribution is 2.24. The summed E-state index contributed by atoms with van der Waals surface area (Å²) < 4.78 is 10.4. The first-order valence-electron chi connectivity index (χ1n) is 8.51. The van der Waals surface area contributed by atoms with Gasteiger partial charge in [0, 0.05) is 37.6 Å². The second-order valence-electron chi connectivity index (χ2n) is 6.46. The van der Waals surface area contributed by atoms with Gasteiger partial charge in [0.2, 0.25) is 0 Å². The van der Waals surface area contributed by atoms with Crippen LogP contribution >= 0.6 is 11.3 Å². The summed E-state index contributed by atoms with van der Waals surface area (Å²) in [4.78, 5) is 9.28. The van der Waals surface area contributed by atoms with Crippen LogP contribution in [0.15, 0.2) is 10.4 Å². The number of methoxy groups -OCH3 is 1.